The lowest BCUT2D eigenvalue weighted by molar-refractivity contribution is -0.142. The van der Waals surface area contributed by atoms with Crippen LogP contribution in [0.2, 0.25) is 0 Å². The van der Waals surface area contributed by atoms with Crippen molar-refractivity contribution in [3.8, 4) is 5.75 Å². The summed E-state index contributed by atoms with van der Waals surface area (Å²) in [6.07, 6.45) is 1.82. The average Bonchev–Trinajstić information content (AvgIpc) is 3.05. The Labute approximate surface area is 129 Å². The van der Waals surface area contributed by atoms with Crippen molar-refractivity contribution < 1.29 is 23.1 Å². The van der Waals surface area contributed by atoms with Gasteiger partial charge < -0.3 is 9.84 Å². The number of hydrogen-bond acceptors (Lipinski definition) is 4. The molecule has 2 bridgehead atoms. The number of carboxylic acids is 1. The van der Waals surface area contributed by atoms with Gasteiger partial charge in [0.2, 0.25) is 10.0 Å². The second-order valence-corrected chi connectivity index (χ2v) is 7.79. The number of methoxy groups -OCH3 is 1. The van der Waals surface area contributed by atoms with Gasteiger partial charge in [0, 0.05) is 12.1 Å². The van der Waals surface area contributed by atoms with Crippen LogP contribution in [0.25, 0.3) is 0 Å². The molecule has 2 heterocycles. The first-order chi connectivity index (χ1) is 10.4. The zero-order chi connectivity index (χ0) is 15.9. The quantitative estimate of drug-likeness (QED) is 0.886. The first-order valence-electron chi connectivity index (χ1n) is 7.29. The molecule has 6 nitrogen and oxygen atoms in total. The summed E-state index contributed by atoms with van der Waals surface area (Å²) in [4.78, 5) is 11.3. The molecule has 2 aliphatic heterocycles. The van der Waals surface area contributed by atoms with Gasteiger partial charge in [0.1, 0.15) is 5.75 Å². The Morgan fingerprint density at radius 2 is 2.18 bits per heavy atom. The van der Waals surface area contributed by atoms with Crippen LogP contribution in [0.4, 0.5) is 0 Å². The molecule has 1 aromatic carbocycles. The number of ether oxygens (including phenoxy) is 1. The van der Waals surface area contributed by atoms with Crippen LogP contribution in [-0.2, 0) is 20.6 Å². The van der Waals surface area contributed by atoms with E-state index in [-0.39, 0.29) is 11.8 Å². The fourth-order valence-corrected chi connectivity index (χ4v) is 5.75. The van der Waals surface area contributed by atoms with Crippen molar-refractivity contribution >= 4 is 16.0 Å². The second-order valence-electron chi connectivity index (χ2n) is 5.92. The molecule has 2 fully saturated rings. The van der Waals surface area contributed by atoms with Crippen molar-refractivity contribution in [3.05, 3.63) is 29.8 Å². The lowest BCUT2D eigenvalue weighted by Gasteiger charge is -2.22. The van der Waals surface area contributed by atoms with Crippen LogP contribution in [0.15, 0.2) is 24.3 Å². The van der Waals surface area contributed by atoms with Gasteiger partial charge in [-0.1, -0.05) is 12.1 Å². The number of carboxylic acid groups (broad SMARTS) is 1. The van der Waals surface area contributed by atoms with Gasteiger partial charge in [0.15, 0.2) is 0 Å². The van der Waals surface area contributed by atoms with Gasteiger partial charge in [-0.15, -0.1) is 0 Å². The minimum absolute atomic E-state index is 0.121. The molecule has 1 N–H and O–H groups in total. The maximum absolute atomic E-state index is 12.7. The summed E-state index contributed by atoms with van der Waals surface area (Å²) >= 11 is 0. The summed E-state index contributed by atoms with van der Waals surface area (Å²) in [5.74, 6) is -0.975. The summed E-state index contributed by atoms with van der Waals surface area (Å²) in [5.41, 5.74) is 0.650. The minimum Gasteiger partial charge on any atom is -0.497 e. The summed E-state index contributed by atoms with van der Waals surface area (Å²) in [6.45, 7) is 0. The van der Waals surface area contributed by atoms with Crippen LogP contribution < -0.4 is 4.74 Å². The van der Waals surface area contributed by atoms with E-state index in [9.17, 15) is 18.3 Å². The zero-order valence-electron chi connectivity index (χ0n) is 12.3. The van der Waals surface area contributed by atoms with Gasteiger partial charge >= 0.3 is 5.97 Å². The van der Waals surface area contributed by atoms with Crippen LogP contribution >= 0.6 is 0 Å². The molecule has 22 heavy (non-hydrogen) atoms. The maximum Gasteiger partial charge on any atom is 0.308 e. The molecule has 7 heteroatoms. The highest BCUT2D eigenvalue weighted by Gasteiger charge is 2.53. The molecule has 3 atom stereocenters. The molecule has 2 aliphatic rings. The van der Waals surface area contributed by atoms with Gasteiger partial charge in [-0.25, -0.2) is 8.42 Å². The molecule has 0 aliphatic carbocycles. The predicted octanol–water partition coefficient (Wildman–Crippen LogP) is 1.46. The zero-order valence-corrected chi connectivity index (χ0v) is 13.1. The Hall–Kier alpha value is -1.60. The molecular formula is C15H19NO5S. The predicted molar refractivity (Wildman–Crippen MR) is 80.0 cm³/mol. The lowest BCUT2D eigenvalue weighted by Crippen LogP contribution is -2.38. The molecule has 0 radical (unpaired) electrons. The van der Waals surface area contributed by atoms with Crippen LogP contribution in [-0.4, -0.2) is 43.0 Å². The van der Waals surface area contributed by atoms with Crippen molar-refractivity contribution in [1.29, 1.82) is 0 Å². The lowest BCUT2D eigenvalue weighted by atomic mass is 9.89. The topological polar surface area (TPSA) is 83.9 Å². The van der Waals surface area contributed by atoms with Crippen LogP contribution in [0, 0.1) is 5.92 Å². The van der Waals surface area contributed by atoms with Gasteiger partial charge in [-0.3, -0.25) is 4.79 Å². The Kier molecular flexibility index (Phi) is 3.86. The van der Waals surface area contributed by atoms with Crippen LogP contribution in [0.5, 0.6) is 5.75 Å². The van der Waals surface area contributed by atoms with E-state index in [1.54, 1.807) is 24.3 Å². The number of sulfonamides is 1. The van der Waals surface area contributed by atoms with Crippen molar-refractivity contribution in [1.82, 2.24) is 4.31 Å². The van der Waals surface area contributed by atoms with Gasteiger partial charge in [0.25, 0.3) is 0 Å². The minimum atomic E-state index is -3.53. The molecule has 2 saturated heterocycles. The Morgan fingerprint density at radius 3 is 2.82 bits per heavy atom. The summed E-state index contributed by atoms with van der Waals surface area (Å²) in [7, 11) is -1.99. The first kappa shape index (κ1) is 15.3. The molecule has 0 spiro atoms. The largest absolute Gasteiger partial charge is 0.497 e. The van der Waals surface area contributed by atoms with E-state index in [0.29, 0.717) is 24.2 Å². The molecule has 1 aromatic rings. The number of carbonyl (C=O) groups is 1. The number of hydrogen-bond donors (Lipinski definition) is 1. The SMILES string of the molecule is COc1cccc(CS(=O)(=O)N2C3CCC2C(C(=O)O)C3)c1. The maximum atomic E-state index is 12.7. The number of aliphatic carboxylic acids is 1. The number of fused-ring (bicyclic) bond motifs is 2. The van der Waals surface area contributed by atoms with Crippen molar-refractivity contribution in [2.45, 2.75) is 37.1 Å². The average molecular weight is 325 g/mol. The third-order valence-corrected chi connectivity index (χ3v) is 6.50. The van der Waals surface area contributed by atoms with E-state index in [1.807, 2.05) is 0 Å². The Bertz CT molecular complexity index is 687. The van der Waals surface area contributed by atoms with Crippen LogP contribution in [0.1, 0.15) is 24.8 Å². The van der Waals surface area contributed by atoms with Crippen molar-refractivity contribution in [2.75, 3.05) is 7.11 Å². The van der Waals surface area contributed by atoms with Gasteiger partial charge in [-0.2, -0.15) is 4.31 Å². The Morgan fingerprint density at radius 1 is 1.41 bits per heavy atom. The number of nitrogens with zero attached hydrogens (tertiary/aromatic N) is 1. The monoisotopic (exact) mass is 325 g/mol. The fourth-order valence-electron chi connectivity index (χ4n) is 3.69. The smallest absolute Gasteiger partial charge is 0.308 e. The van der Waals surface area contributed by atoms with Crippen molar-refractivity contribution in [3.63, 3.8) is 0 Å². The van der Waals surface area contributed by atoms with E-state index in [4.69, 9.17) is 4.74 Å². The van der Waals surface area contributed by atoms with Crippen molar-refractivity contribution in [2.24, 2.45) is 5.92 Å². The molecule has 0 amide bonds. The van der Waals surface area contributed by atoms with E-state index >= 15 is 0 Å². The summed E-state index contributed by atoms with van der Waals surface area (Å²) < 4.78 is 32.0. The van der Waals surface area contributed by atoms with E-state index in [2.05, 4.69) is 0 Å². The molecule has 0 saturated carbocycles. The second kappa shape index (κ2) is 5.55. The number of rotatable bonds is 5. The first-order valence-corrected chi connectivity index (χ1v) is 8.90. The number of benzene rings is 1. The van der Waals surface area contributed by atoms with E-state index in [1.165, 1.54) is 11.4 Å². The van der Waals surface area contributed by atoms with E-state index in [0.717, 1.165) is 6.42 Å². The molecule has 3 unspecified atom stereocenters. The highest BCUT2D eigenvalue weighted by molar-refractivity contribution is 7.88. The third-order valence-electron chi connectivity index (χ3n) is 4.59. The molecule has 3 rings (SSSR count). The van der Waals surface area contributed by atoms with Gasteiger partial charge in [0.05, 0.1) is 18.8 Å². The standard InChI is InChI=1S/C15H19NO5S/c1-21-12-4-2-3-10(7-12)9-22(19,20)16-11-5-6-14(16)13(8-11)15(17)18/h2-4,7,11,13-14H,5-6,8-9H2,1H3,(H,17,18). The van der Waals surface area contributed by atoms with Gasteiger partial charge in [-0.05, 0) is 37.0 Å². The normalized spacial score (nSPS) is 28.0. The summed E-state index contributed by atoms with van der Waals surface area (Å²) in [5, 5.41) is 9.24. The molecular weight excluding hydrogens is 306 g/mol. The highest BCUT2D eigenvalue weighted by atomic mass is 32.2. The fraction of sp³-hybridized carbons (Fsp3) is 0.533. The summed E-state index contributed by atoms with van der Waals surface area (Å²) in [6, 6.07) is 6.40. The van der Waals surface area contributed by atoms with Crippen LogP contribution in [0.3, 0.4) is 0 Å². The Balaban J connectivity index is 1.83. The molecule has 0 aromatic heterocycles. The van der Waals surface area contributed by atoms with E-state index < -0.39 is 28.0 Å². The third kappa shape index (κ3) is 2.59. The molecule has 120 valence electrons. The highest BCUT2D eigenvalue weighted by Crippen LogP contribution is 2.44.